The van der Waals surface area contributed by atoms with Crippen LogP contribution in [0.5, 0.6) is 0 Å². The summed E-state index contributed by atoms with van der Waals surface area (Å²) in [5.74, 6) is -0.960. The number of allylic oxidation sites excluding steroid dienone is 24. The minimum absolute atomic E-state index is 0.101. The van der Waals surface area contributed by atoms with Gasteiger partial charge in [-0.1, -0.05) is 263 Å². The molecule has 452 valence electrons. The van der Waals surface area contributed by atoms with Crippen molar-refractivity contribution in [2.45, 2.75) is 290 Å². The Bertz CT molecular complexity index is 1750. The molecular weight excluding hydrogens is 985 g/mol. The van der Waals surface area contributed by atoms with Gasteiger partial charge in [0.25, 0.3) is 0 Å². The second kappa shape index (κ2) is 66.8. The van der Waals surface area contributed by atoms with Crippen molar-refractivity contribution in [3.8, 4) is 0 Å². The highest BCUT2D eigenvalue weighted by Gasteiger charge is 2.19. The molecule has 0 amide bonds. The third-order valence-corrected chi connectivity index (χ3v) is 13.5. The van der Waals surface area contributed by atoms with Crippen LogP contribution in [-0.2, 0) is 28.6 Å². The zero-order valence-electron chi connectivity index (χ0n) is 51.8. The number of hydrogen-bond donors (Lipinski definition) is 0. The minimum Gasteiger partial charge on any atom is -0.462 e. The summed E-state index contributed by atoms with van der Waals surface area (Å²) in [4.78, 5) is 38.2. The summed E-state index contributed by atoms with van der Waals surface area (Å²) < 4.78 is 16.9. The third kappa shape index (κ3) is 64.1. The lowest BCUT2D eigenvalue weighted by Gasteiger charge is -2.18. The lowest BCUT2D eigenvalue weighted by molar-refractivity contribution is -0.167. The maximum atomic E-state index is 12.9. The van der Waals surface area contributed by atoms with E-state index >= 15 is 0 Å². The van der Waals surface area contributed by atoms with E-state index in [1.165, 1.54) is 109 Å². The van der Waals surface area contributed by atoms with Gasteiger partial charge in [0.2, 0.25) is 0 Å². The van der Waals surface area contributed by atoms with Gasteiger partial charge in [-0.3, -0.25) is 14.4 Å². The molecule has 0 N–H and O–H groups in total. The predicted octanol–water partition coefficient (Wildman–Crippen LogP) is 22.7. The second-order valence-electron chi connectivity index (χ2n) is 21.3. The molecule has 6 heteroatoms. The van der Waals surface area contributed by atoms with Gasteiger partial charge in [0.05, 0.1) is 0 Å². The molecule has 80 heavy (non-hydrogen) atoms. The number of carbonyl (C=O) groups excluding carboxylic acids is 3. The van der Waals surface area contributed by atoms with E-state index in [4.69, 9.17) is 14.2 Å². The van der Waals surface area contributed by atoms with Crippen molar-refractivity contribution in [1.29, 1.82) is 0 Å². The summed E-state index contributed by atoms with van der Waals surface area (Å²) in [6.07, 6.45) is 95.7. The minimum atomic E-state index is -0.807. The smallest absolute Gasteiger partial charge is 0.306 e. The van der Waals surface area contributed by atoms with Gasteiger partial charge in [-0.05, 0) is 148 Å². The molecular formula is C74H120O6. The summed E-state index contributed by atoms with van der Waals surface area (Å²) in [5.41, 5.74) is 0. The highest BCUT2D eigenvalue weighted by molar-refractivity contribution is 5.71. The fraction of sp³-hybridized carbons (Fsp3) is 0.635. The van der Waals surface area contributed by atoms with Crippen molar-refractivity contribution in [3.05, 3.63) is 146 Å². The van der Waals surface area contributed by atoms with E-state index in [1.54, 1.807) is 0 Å². The molecule has 0 saturated heterocycles. The van der Waals surface area contributed by atoms with Crippen LogP contribution in [0, 0.1) is 0 Å². The predicted molar refractivity (Wildman–Crippen MR) is 348 cm³/mol. The first-order valence-electron chi connectivity index (χ1n) is 32.8. The molecule has 0 aliphatic carbocycles. The van der Waals surface area contributed by atoms with Gasteiger partial charge in [-0.2, -0.15) is 0 Å². The molecule has 0 fully saturated rings. The average molecular weight is 1110 g/mol. The molecule has 0 saturated carbocycles. The van der Waals surface area contributed by atoms with Crippen LogP contribution in [0.15, 0.2) is 146 Å². The van der Waals surface area contributed by atoms with Gasteiger partial charge in [0.15, 0.2) is 6.10 Å². The molecule has 1 atom stereocenters. The molecule has 6 nitrogen and oxygen atoms in total. The van der Waals surface area contributed by atoms with Crippen molar-refractivity contribution >= 4 is 17.9 Å². The van der Waals surface area contributed by atoms with E-state index in [0.29, 0.717) is 25.7 Å². The molecule has 0 heterocycles. The molecule has 1 unspecified atom stereocenters. The number of esters is 3. The van der Waals surface area contributed by atoms with Gasteiger partial charge < -0.3 is 14.2 Å². The van der Waals surface area contributed by atoms with Gasteiger partial charge in [0.1, 0.15) is 13.2 Å². The van der Waals surface area contributed by atoms with Crippen LogP contribution >= 0.6 is 0 Å². The number of carbonyl (C=O) groups is 3. The van der Waals surface area contributed by atoms with Crippen LogP contribution in [0.4, 0.5) is 0 Å². The molecule has 0 bridgehead atoms. The van der Waals surface area contributed by atoms with Crippen LogP contribution in [-0.4, -0.2) is 37.2 Å². The van der Waals surface area contributed by atoms with Crippen LogP contribution in [0.25, 0.3) is 0 Å². The monoisotopic (exact) mass is 1100 g/mol. The van der Waals surface area contributed by atoms with Crippen molar-refractivity contribution in [3.63, 3.8) is 0 Å². The van der Waals surface area contributed by atoms with Crippen molar-refractivity contribution < 1.29 is 28.6 Å². The Hall–Kier alpha value is -4.71. The summed E-state index contributed by atoms with van der Waals surface area (Å²) in [6, 6.07) is 0. The number of hydrogen-bond acceptors (Lipinski definition) is 6. The molecule has 0 aromatic rings. The summed E-state index contributed by atoms with van der Waals surface area (Å²) in [5, 5.41) is 0. The summed E-state index contributed by atoms with van der Waals surface area (Å²) in [6.45, 7) is 6.45. The van der Waals surface area contributed by atoms with Gasteiger partial charge in [-0.15, -0.1) is 0 Å². The fourth-order valence-electron chi connectivity index (χ4n) is 8.64. The first-order valence-corrected chi connectivity index (χ1v) is 32.8. The first kappa shape index (κ1) is 75.3. The summed E-state index contributed by atoms with van der Waals surface area (Å²) in [7, 11) is 0. The van der Waals surface area contributed by atoms with Gasteiger partial charge in [-0.25, -0.2) is 0 Å². The maximum absolute atomic E-state index is 12.9. The average Bonchev–Trinajstić information content (AvgIpc) is 3.46. The quantitative estimate of drug-likeness (QED) is 0.0261. The molecule has 0 aromatic heterocycles. The van der Waals surface area contributed by atoms with Crippen LogP contribution in [0.2, 0.25) is 0 Å². The first-order chi connectivity index (χ1) is 39.5. The molecule has 0 radical (unpaired) electrons. The number of unbranched alkanes of at least 4 members (excludes halogenated alkanes) is 23. The van der Waals surface area contributed by atoms with Crippen LogP contribution < -0.4 is 0 Å². The van der Waals surface area contributed by atoms with Crippen LogP contribution in [0.1, 0.15) is 284 Å². The van der Waals surface area contributed by atoms with Crippen molar-refractivity contribution in [2.24, 2.45) is 0 Å². The fourth-order valence-corrected chi connectivity index (χ4v) is 8.64. The van der Waals surface area contributed by atoms with Crippen LogP contribution in [0.3, 0.4) is 0 Å². The van der Waals surface area contributed by atoms with E-state index in [9.17, 15) is 14.4 Å². The second-order valence-corrected chi connectivity index (χ2v) is 21.3. The zero-order valence-corrected chi connectivity index (χ0v) is 51.8. The van der Waals surface area contributed by atoms with Crippen molar-refractivity contribution in [2.75, 3.05) is 13.2 Å². The largest absolute Gasteiger partial charge is 0.462 e. The summed E-state index contributed by atoms with van der Waals surface area (Å²) >= 11 is 0. The van der Waals surface area contributed by atoms with Gasteiger partial charge >= 0.3 is 17.9 Å². The molecule has 0 aliphatic heterocycles. The Morgan fingerprint density at radius 2 is 0.487 bits per heavy atom. The Labute approximate surface area is 493 Å². The van der Waals surface area contributed by atoms with E-state index in [1.807, 2.05) is 0 Å². The molecule has 0 spiro atoms. The van der Waals surface area contributed by atoms with E-state index in [-0.39, 0.29) is 31.1 Å². The standard InChI is InChI=1S/C74H120O6/c1-4-7-10-13-16-19-22-25-27-29-30-31-32-33-34-35-36-37-38-39-40-41-42-43-44-46-47-49-52-55-58-61-64-67-73(76)79-70-71(69-78-72(75)66-63-60-57-54-51-24-21-18-15-12-9-6-3)80-74(77)68-65-62-59-56-53-50-48-45-28-26-23-20-17-14-11-8-5-2/h7,10,16,18-19,21,25-28,30-31,33-34,36-37,39-40,42-43,46-47,52,55,71H,4-6,8-9,11-15,17,20,22-24,29,32,35,38,41,44-45,48-51,53-54,56-70H2,1-3H3/b10-7-,19-16-,21-18-,27-25-,28-26-,31-30-,34-33-,37-36-,40-39-,43-42-,47-46-,55-52-. The lowest BCUT2D eigenvalue weighted by atomic mass is 10.1. The SMILES string of the molecule is CC/C=C\C/C=C\C/C=C\C/C=C\C/C=C\C/C=C\C/C=C\C/C=C\C/C=C\C/C=C\CCCCC(=O)OCC(COC(=O)CCCCCCC/C=C\CCCCC)OC(=O)CCCCCCCCC/C=C\CCCCCCCC. The Kier molecular flexibility index (Phi) is 62.9. The zero-order chi connectivity index (χ0) is 57.8. The highest BCUT2D eigenvalue weighted by atomic mass is 16.6. The third-order valence-electron chi connectivity index (χ3n) is 13.5. The molecule has 0 aliphatic rings. The molecule has 0 aromatic carbocycles. The van der Waals surface area contributed by atoms with E-state index in [2.05, 4.69) is 167 Å². The Balaban J connectivity index is 4.38. The van der Waals surface area contributed by atoms with E-state index in [0.717, 1.165) is 128 Å². The highest BCUT2D eigenvalue weighted by Crippen LogP contribution is 2.14. The maximum Gasteiger partial charge on any atom is 0.306 e. The van der Waals surface area contributed by atoms with E-state index < -0.39 is 6.10 Å². The normalized spacial score (nSPS) is 13.1. The number of ether oxygens (including phenoxy) is 3. The lowest BCUT2D eigenvalue weighted by Crippen LogP contribution is -2.30. The topological polar surface area (TPSA) is 78.9 Å². The van der Waals surface area contributed by atoms with Gasteiger partial charge in [0, 0.05) is 19.3 Å². The molecule has 0 rings (SSSR count). The van der Waals surface area contributed by atoms with Crippen molar-refractivity contribution in [1.82, 2.24) is 0 Å². The Morgan fingerprint density at radius 3 is 0.825 bits per heavy atom. The Morgan fingerprint density at radius 1 is 0.263 bits per heavy atom. The number of rotatable bonds is 58.